The van der Waals surface area contributed by atoms with E-state index >= 15 is 0 Å². The topological polar surface area (TPSA) is 23.5 Å². The van der Waals surface area contributed by atoms with Gasteiger partial charge in [-0.2, -0.15) is 0 Å². The number of hydrogen-bond acceptors (Lipinski definition) is 3. The van der Waals surface area contributed by atoms with E-state index < -0.39 is 0 Å². The highest BCUT2D eigenvalue weighted by Gasteiger charge is 2.33. The van der Waals surface area contributed by atoms with Crippen molar-refractivity contribution in [2.75, 3.05) is 6.54 Å². The van der Waals surface area contributed by atoms with Crippen LogP contribution >= 0.6 is 11.3 Å². The third-order valence-corrected chi connectivity index (χ3v) is 4.16. The van der Waals surface area contributed by atoms with Gasteiger partial charge in [0.15, 0.2) is 0 Å². The maximum atomic E-state index is 9.70. The first-order valence-electron chi connectivity index (χ1n) is 5.53. The number of rotatable bonds is 2. The van der Waals surface area contributed by atoms with Crippen LogP contribution in [0.25, 0.3) is 0 Å². The van der Waals surface area contributed by atoms with Gasteiger partial charge >= 0.3 is 0 Å². The summed E-state index contributed by atoms with van der Waals surface area (Å²) in [6.07, 6.45) is 1.88. The summed E-state index contributed by atoms with van der Waals surface area (Å²) < 4.78 is 0. The van der Waals surface area contributed by atoms with E-state index in [-0.39, 0.29) is 11.6 Å². The molecule has 0 bridgehead atoms. The minimum atomic E-state index is -0.141. The Balaban J connectivity index is 2.05. The molecule has 2 rings (SSSR count). The highest BCUT2D eigenvalue weighted by molar-refractivity contribution is 7.09. The molecule has 1 aliphatic heterocycles. The van der Waals surface area contributed by atoms with Gasteiger partial charge in [-0.25, -0.2) is 0 Å². The van der Waals surface area contributed by atoms with Gasteiger partial charge < -0.3 is 5.11 Å². The van der Waals surface area contributed by atoms with E-state index in [1.54, 1.807) is 11.3 Å². The first-order chi connectivity index (χ1) is 7.08. The minimum absolute atomic E-state index is 0.141. The van der Waals surface area contributed by atoms with Gasteiger partial charge in [-0.15, -0.1) is 11.3 Å². The molecule has 0 amide bonds. The number of aliphatic hydroxyl groups excluding tert-OH is 1. The molecule has 0 radical (unpaired) electrons. The summed E-state index contributed by atoms with van der Waals surface area (Å²) in [5, 5.41) is 11.8. The maximum Gasteiger partial charge on any atom is 0.0668 e. The van der Waals surface area contributed by atoms with Crippen LogP contribution in [0.1, 0.15) is 31.6 Å². The van der Waals surface area contributed by atoms with E-state index in [4.69, 9.17) is 0 Å². The Bertz CT molecular complexity index is 307. The zero-order chi connectivity index (χ0) is 10.9. The van der Waals surface area contributed by atoms with Crippen LogP contribution in [-0.4, -0.2) is 28.2 Å². The van der Waals surface area contributed by atoms with E-state index in [2.05, 4.69) is 36.3 Å². The fraction of sp³-hybridized carbons (Fsp3) is 0.667. The Kier molecular flexibility index (Phi) is 3.14. The summed E-state index contributed by atoms with van der Waals surface area (Å²) in [7, 11) is 0. The van der Waals surface area contributed by atoms with Crippen LogP contribution in [-0.2, 0) is 6.54 Å². The van der Waals surface area contributed by atoms with Crippen molar-refractivity contribution in [1.29, 1.82) is 0 Å². The quantitative estimate of drug-likeness (QED) is 0.836. The summed E-state index contributed by atoms with van der Waals surface area (Å²) in [4.78, 5) is 3.78. The first kappa shape index (κ1) is 11.1. The van der Waals surface area contributed by atoms with Crippen LogP contribution in [0.15, 0.2) is 17.5 Å². The molecule has 1 atom stereocenters. The molecule has 1 saturated heterocycles. The van der Waals surface area contributed by atoms with Crippen LogP contribution in [0.2, 0.25) is 0 Å². The average molecular weight is 225 g/mol. The molecule has 0 spiro atoms. The molecule has 1 aliphatic rings. The average Bonchev–Trinajstić information content (AvgIpc) is 2.65. The Morgan fingerprint density at radius 3 is 3.07 bits per heavy atom. The Morgan fingerprint density at radius 1 is 1.60 bits per heavy atom. The van der Waals surface area contributed by atoms with Crippen molar-refractivity contribution in [3.63, 3.8) is 0 Å². The van der Waals surface area contributed by atoms with Crippen LogP contribution in [0, 0.1) is 0 Å². The third kappa shape index (κ3) is 2.60. The van der Waals surface area contributed by atoms with E-state index in [1.165, 1.54) is 4.88 Å². The lowest BCUT2D eigenvalue weighted by molar-refractivity contribution is -0.00901. The largest absolute Gasteiger partial charge is 0.392 e. The molecular weight excluding hydrogens is 206 g/mol. The normalized spacial score (nSPS) is 26.7. The number of piperidine rings is 1. The van der Waals surface area contributed by atoms with E-state index in [1.807, 2.05) is 0 Å². The third-order valence-electron chi connectivity index (χ3n) is 3.30. The molecule has 0 aromatic carbocycles. The summed E-state index contributed by atoms with van der Waals surface area (Å²) in [5.41, 5.74) is 0.225. The number of hydrogen-bond donors (Lipinski definition) is 1. The van der Waals surface area contributed by atoms with Gasteiger partial charge in [-0.1, -0.05) is 6.07 Å². The number of thiophene rings is 1. The van der Waals surface area contributed by atoms with Crippen LogP contribution in [0.3, 0.4) is 0 Å². The van der Waals surface area contributed by atoms with Gasteiger partial charge in [-0.05, 0) is 38.1 Å². The molecule has 1 N–H and O–H groups in total. The summed E-state index contributed by atoms with van der Waals surface area (Å²) in [6, 6.07) is 4.26. The number of β-amino-alcohol motifs (C(OH)–C–C–N with tert-alkyl or cyclic N) is 1. The SMILES string of the molecule is CC1(C)CCC(O)CN1Cc1cccs1. The molecular formula is C12H19NOS. The van der Waals surface area contributed by atoms with Crippen molar-refractivity contribution < 1.29 is 5.11 Å². The minimum Gasteiger partial charge on any atom is -0.392 e. The van der Waals surface area contributed by atoms with E-state index in [0.717, 1.165) is 25.9 Å². The monoisotopic (exact) mass is 225 g/mol. The predicted octanol–water partition coefficient (Wildman–Crippen LogP) is 2.48. The van der Waals surface area contributed by atoms with Crippen LogP contribution in [0.4, 0.5) is 0 Å². The number of likely N-dealkylation sites (tertiary alicyclic amines) is 1. The fourth-order valence-corrected chi connectivity index (χ4v) is 2.86. The molecule has 15 heavy (non-hydrogen) atoms. The van der Waals surface area contributed by atoms with Gasteiger partial charge in [0.1, 0.15) is 0 Å². The molecule has 1 fully saturated rings. The Morgan fingerprint density at radius 2 is 2.40 bits per heavy atom. The van der Waals surface area contributed by atoms with Crippen molar-refractivity contribution in [2.24, 2.45) is 0 Å². The standard InChI is InChI=1S/C12H19NOS/c1-12(2)6-5-10(14)8-13(12)9-11-4-3-7-15-11/h3-4,7,10,14H,5-6,8-9H2,1-2H3. The second kappa shape index (κ2) is 4.24. The second-order valence-corrected chi connectivity index (χ2v) is 6.00. The van der Waals surface area contributed by atoms with Crippen molar-refractivity contribution >= 4 is 11.3 Å². The van der Waals surface area contributed by atoms with Crippen LogP contribution < -0.4 is 0 Å². The van der Waals surface area contributed by atoms with Crippen molar-refractivity contribution in [1.82, 2.24) is 4.90 Å². The Labute approximate surface area is 95.5 Å². The highest BCUT2D eigenvalue weighted by atomic mass is 32.1. The molecule has 84 valence electrons. The summed E-state index contributed by atoms with van der Waals surface area (Å²) >= 11 is 1.80. The number of nitrogens with zero attached hydrogens (tertiary/aromatic N) is 1. The molecule has 1 aromatic heterocycles. The highest BCUT2D eigenvalue weighted by Crippen LogP contribution is 2.29. The van der Waals surface area contributed by atoms with E-state index in [9.17, 15) is 5.11 Å². The Hall–Kier alpha value is -0.380. The zero-order valence-corrected chi connectivity index (χ0v) is 10.3. The first-order valence-corrected chi connectivity index (χ1v) is 6.41. The lowest BCUT2D eigenvalue weighted by atomic mass is 9.89. The van der Waals surface area contributed by atoms with Gasteiger partial charge in [-0.3, -0.25) is 4.90 Å². The van der Waals surface area contributed by atoms with E-state index in [0.29, 0.717) is 0 Å². The summed E-state index contributed by atoms with van der Waals surface area (Å²) in [5.74, 6) is 0. The molecule has 0 aliphatic carbocycles. The zero-order valence-electron chi connectivity index (χ0n) is 9.44. The summed E-state index contributed by atoms with van der Waals surface area (Å²) in [6.45, 7) is 6.32. The van der Waals surface area contributed by atoms with Crippen molar-refractivity contribution in [3.8, 4) is 0 Å². The van der Waals surface area contributed by atoms with Gasteiger partial charge in [0.2, 0.25) is 0 Å². The molecule has 1 aromatic rings. The maximum absolute atomic E-state index is 9.70. The smallest absolute Gasteiger partial charge is 0.0668 e. The molecule has 2 heterocycles. The molecule has 0 saturated carbocycles. The van der Waals surface area contributed by atoms with Crippen LogP contribution in [0.5, 0.6) is 0 Å². The van der Waals surface area contributed by atoms with Gasteiger partial charge in [0.25, 0.3) is 0 Å². The van der Waals surface area contributed by atoms with Gasteiger partial charge in [0, 0.05) is 23.5 Å². The molecule has 2 nitrogen and oxygen atoms in total. The second-order valence-electron chi connectivity index (χ2n) is 4.96. The predicted molar refractivity (Wildman–Crippen MR) is 64.0 cm³/mol. The van der Waals surface area contributed by atoms with Crippen molar-refractivity contribution in [3.05, 3.63) is 22.4 Å². The lowest BCUT2D eigenvalue weighted by Crippen LogP contribution is -2.51. The molecule has 3 heteroatoms. The molecule has 1 unspecified atom stereocenters. The van der Waals surface area contributed by atoms with Crippen molar-refractivity contribution in [2.45, 2.75) is 44.9 Å². The lowest BCUT2D eigenvalue weighted by Gasteiger charge is -2.44. The number of aliphatic hydroxyl groups is 1. The fourth-order valence-electron chi connectivity index (χ4n) is 2.14. The van der Waals surface area contributed by atoms with Gasteiger partial charge in [0.05, 0.1) is 6.10 Å².